The lowest BCUT2D eigenvalue weighted by atomic mass is 9.93. The Bertz CT molecular complexity index is 528. The molecule has 2 rings (SSSR count). The quantitative estimate of drug-likeness (QED) is 0.876. The molecule has 6 nitrogen and oxygen atoms in total. The molecular weight excluding hydrogens is 270 g/mol. The lowest BCUT2D eigenvalue weighted by molar-refractivity contribution is -0.100. The largest absolute Gasteiger partial charge is 0.381 e. The smallest absolute Gasteiger partial charge is 0.251 e. The maximum Gasteiger partial charge on any atom is 0.251 e. The summed E-state index contributed by atoms with van der Waals surface area (Å²) in [6, 6.07) is 1.53. The second-order valence-electron chi connectivity index (χ2n) is 6.50. The van der Waals surface area contributed by atoms with Crippen LogP contribution in [0.4, 0.5) is 0 Å². The van der Waals surface area contributed by atoms with Crippen molar-refractivity contribution in [3.05, 3.63) is 27.9 Å². The van der Waals surface area contributed by atoms with E-state index in [9.17, 15) is 4.79 Å². The van der Waals surface area contributed by atoms with E-state index in [2.05, 4.69) is 36.1 Å². The third-order valence-corrected chi connectivity index (χ3v) is 3.72. The van der Waals surface area contributed by atoms with Gasteiger partial charge in [-0.25, -0.2) is 4.98 Å². The van der Waals surface area contributed by atoms with E-state index in [1.165, 1.54) is 6.07 Å². The van der Waals surface area contributed by atoms with Crippen molar-refractivity contribution in [2.75, 3.05) is 20.3 Å². The molecular formula is C15H25N3O3. The normalized spacial score (nSPS) is 18.7. The molecule has 1 fully saturated rings. The van der Waals surface area contributed by atoms with E-state index in [1.807, 2.05) is 0 Å². The number of rotatable bonds is 4. The molecule has 1 saturated heterocycles. The van der Waals surface area contributed by atoms with Crippen LogP contribution < -0.4 is 10.9 Å². The fraction of sp³-hybridized carbons (Fsp3) is 0.733. The van der Waals surface area contributed by atoms with E-state index >= 15 is 0 Å². The Morgan fingerprint density at radius 3 is 2.67 bits per heavy atom. The molecule has 0 aliphatic carbocycles. The van der Waals surface area contributed by atoms with Gasteiger partial charge in [-0.15, -0.1) is 0 Å². The fourth-order valence-electron chi connectivity index (χ4n) is 2.41. The zero-order chi connectivity index (χ0) is 15.5. The molecule has 21 heavy (non-hydrogen) atoms. The number of nitrogens with one attached hydrogen (secondary N) is 2. The summed E-state index contributed by atoms with van der Waals surface area (Å²) >= 11 is 0. The lowest BCUT2D eigenvalue weighted by Gasteiger charge is -2.34. The Labute approximate surface area is 125 Å². The van der Waals surface area contributed by atoms with Crippen LogP contribution in [0, 0.1) is 0 Å². The third kappa shape index (κ3) is 4.12. The number of aromatic nitrogens is 2. The number of methoxy groups -OCH3 is 1. The van der Waals surface area contributed by atoms with Gasteiger partial charge in [0.2, 0.25) is 0 Å². The molecule has 0 spiro atoms. The summed E-state index contributed by atoms with van der Waals surface area (Å²) < 4.78 is 11.1. The summed E-state index contributed by atoms with van der Waals surface area (Å²) in [7, 11) is 1.66. The first-order chi connectivity index (χ1) is 9.85. The first kappa shape index (κ1) is 16.1. The summed E-state index contributed by atoms with van der Waals surface area (Å²) in [6.45, 7) is 8.02. The molecule has 0 aromatic carbocycles. The Morgan fingerprint density at radius 2 is 2.10 bits per heavy atom. The van der Waals surface area contributed by atoms with Crippen molar-refractivity contribution in [1.29, 1.82) is 0 Å². The molecule has 2 N–H and O–H groups in total. The maximum absolute atomic E-state index is 11.9. The topological polar surface area (TPSA) is 76.2 Å². The highest BCUT2D eigenvalue weighted by atomic mass is 16.5. The third-order valence-electron chi connectivity index (χ3n) is 3.72. The summed E-state index contributed by atoms with van der Waals surface area (Å²) in [5, 5.41) is 3.35. The molecule has 0 atom stereocenters. The molecule has 1 aromatic heterocycles. The van der Waals surface area contributed by atoms with E-state index < -0.39 is 5.60 Å². The number of hydrogen-bond acceptors (Lipinski definition) is 5. The SMILES string of the molecule is COC1(c2nc(CNC(C)(C)C)cc(=O)[nH]2)CCOCC1. The number of ether oxygens (including phenoxy) is 2. The van der Waals surface area contributed by atoms with Crippen LogP contribution in [0.25, 0.3) is 0 Å². The van der Waals surface area contributed by atoms with Gasteiger partial charge in [0, 0.05) is 51.3 Å². The predicted molar refractivity (Wildman–Crippen MR) is 80.2 cm³/mol. The molecule has 1 aliphatic rings. The predicted octanol–water partition coefficient (Wildman–Crippen LogP) is 1.31. The second kappa shape index (κ2) is 6.25. The summed E-state index contributed by atoms with van der Waals surface area (Å²) in [5.74, 6) is 0.603. The van der Waals surface area contributed by atoms with Crippen LogP contribution in [0.2, 0.25) is 0 Å². The van der Waals surface area contributed by atoms with Gasteiger partial charge in [0.15, 0.2) is 0 Å². The molecule has 0 amide bonds. The average molecular weight is 295 g/mol. The average Bonchev–Trinajstić information content (AvgIpc) is 2.44. The van der Waals surface area contributed by atoms with Gasteiger partial charge in [-0.05, 0) is 20.8 Å². The summed E-state index contributed by atoms with van der Waals surface area (Å²) in [6.07, 6.45) is 1.39. The molecule has 2 heterocycles. The molecule has 0 unspecified atom stereocenters. The highest BCUT2D eigenvalue weighted by Gasteiger charge is 2.37. The van der Waals surface area contributed by atoms with Crippen LogP contribution in [-0.4, -0.2) is 35.8 Å². The molecule has 6 heteroatoms. The van der Waals surface area contributed by atoms with E-state index in [1.54, 1.807) is 7.11 Å². The van der Waals surface area contributed by atoms with E-state index in [0.717, 1.165) is 5.69 Å². The number of hydrogen-bond donors (Lipinski definition) is 2. The van der Waals surface area contributed by atoms with Crippen molar-refractivity contribution in [2.24, 2.45) is 0 Å². The highest BCUT2D eigenvalue weighted by Crippen LogP contribution is 2.32. The van der Waals surface area contributed by atoms with Crippen molar-refractivity contribution in [1.82, 2.24) is 15.3 Å². The second-order valence-corrected chi connectivity index (χ2v) is 6.50. The van der Waals surface area contributed by atoms with E-state index in [4.69, 9.17) is 9.47 Å². The minimum Gasteiger partial charge on any atom is -0.381 e. The van der Waals surface area contributed by atoms with Crippen LogP contribution in [0.15, 0.2) is 10.9 Å². The van der Waals surface area contributed by atoms with Crippen LogP contribution in [0.1, 0.15) is 45.1 Å². The van der Waals surface area contributed by atoms with Crippen molar-refractivity contribution in [3.8, 4) is 0 Å². The van der Waals surface area contributed by atoms with Crippen LogP contribution >= 0.6 is 0 Å². The summed E-state index contributed by atoms with van der Waals surface area (Å²) in [4.78, 5) is 19.4. The first-order valence-electron chi connectivity index (χ1n) is 7.33. The molecule has 0 bridgehead atoms. The Balaban J connectivity index is 2.27. The number of H-pyrrole nitrogens is 1. The van der Waals surface area contributed by atoms with Gasteiger partial charge < -0.3 is 19.8 Å². The number of aromatic amines is 1. The van der Waals surface area contributed by atoms with Crippen molar-refractivity contribution in [2.45, 2.75) is 51.3 Å². The first-order valence-corrected chi connectivity index (χ1v) is 7.33. The van der Waals surface area contributed by atoms with Gasteiger partial charge in [-0.1, -0.05) is 0 Å². The zero-order valence-electron chi connectivity index (χ0n) is 13.3. The van der Waals surface area contributed by atoms with Gasteiger partial charge >= 0.3 is 0 Å². The standard InChI is InChI=1S/C15H25N3O3/c1-14(2,3)16-10-11-9-12(19)18-13(17-11)15(20-4)5-7-21-8-6-15/h9,16H,5-8,10H2,1-4H3,(H,17,18,19). The molecule has 1 aliphatic heterocycles. The summed E-state index contributed by atoms with van der Waals surface area (Å²) in [5.41, 5.74) is 0.0113. The maximum atomic E-state index is 11.9. The Kier molecular flexibility index (Phi) is 4.81. The number of nitrogens with zero attached hydrogens (tertiary/aromatic N) is 1. The van der Waals surface area contributed by atoms with E-state index in [0.29, 0.717) is 38.4 Å². The van der Waals surface area contributed by atoms with Gasteiger partial charge in [-0.3, -0.25) is 4.79 Å². The van der Waals surface area contributed by atoms with Gasteiger partial charge in [-0.2, -0.15) is 0 Å². The van der Waals surface area contributed by atoms with Gasteiger partial charge in [0.1, 0.15) is 11.4 Å². The lowest BCUT2D eigenvalue weighted by Crippen LogP contribution is -2.40. The Morgan fingerprint density at radius 1 is 1.43 bits per heavy atom. The van der Waals surface area contributed by atoms with E-state index in [-0.39, 0.29) is 11.1 Å². The van der Waals surface area contributed by atoms with Gasteiger partial charge in [0.05, 0.1) is 5.69 Å². The van der Waals surface area contributed by atoms with Crippen LogP contribution in [0.3, 0.4) is 0 Å². The van der Waals surface area contributed by atoms with Crippen molar-refractivity contribution < 1.29 is 9.47 Å². The van der Waals surface area contributed by atoms with Crippen LogP contribution in [-0.2, 0) is 21.6 Å². The van der Waals surface area contributed by atoms with Gasteiger partial charge in [0.25, 0.3) is 5.56 Å². The van der Waals surface area contributed by atoms with Crippen molar-refractivity contribution in [3.63, 3.8) is 0 Å². The van der Waals surface area contributed by atoms with Crippen molar-refractivity contribution >= 4 is 0 Å². The Hall–Kier alpha value is -1.24. The molecule has 0 radical (unpaired) electrons. The molecule has 0 saturated carbocycles. The minimum absolute atomic E-state index is 0.0257. The highest BCUT2D eigenvalue weighted by molar-refractivity contribution is 5.10. The van der Waals surface area contributed by atoms with Crippen LogP contribution in [0.5, 0.6) is 0 Å². The zero-order valence-corrected chi connectivity index (χ0v) is 13.3. The fourth-order valence-corrected chi connectivity index (χ4v) is 2.41. The minimum atomic E-state index is -0.546. The molecule has 118 valence electrons. The molecule has 1 aromatic rings. The monoisotopic (exact) mass is 295 g/mol.